The Kier molecular flexibility index (Phi) is 5.84. The number of hydrogen-bond donors (Lipinski definition) is 0. The average Bonchev–Trinajstić information content (AvgIpc) is 3.18. The van der Waals surface area contributed by atoms with Crippen molar-refractivity contribution in [3.8, 4) is 16.9 Å². The number of nitrogens with zero attached hydrogens (tertiary/aromatic N) is 2. The van der Waals surface area contributed by atoms with Crippen molar-refractivity contribution in [2.75, 3.05) is 0 Å². The van der Waals surface area contributed by atoms with E-state index >= 15 is 0 Å². The molecule has 0 atom stereocenters. The molecule has 1 aromatic heterocycles. The van der Waals surface area contributed by atoms with Crippen molar-refractivity contribution in [2.45, 2.75) is 6.92 Å². The molecule has 0 unspecified atom stereocenters. The monoisotopic (exact) mass is 432 g/mol. The van der Waals surface area contributed by atoms with E-state index in [2.05, 4.69) is 0 Å². The van der Waals surface area contributed by atoms with Gasteiger partial charge in [0.25, 0.3) is 0 Å². The zero-order valence-electron chi connectivity index (χ0n) is 16.2. The summed E-state index contributed by atoms with van der Waals surface area (Å²) in [4.78, 5) is 12.6. The van der Waals surface area contributed by atoms with Crippen molar-refractivity contribution < 1.29 is 4.79 Å². The van der Waals surface area contributed by atoms with Crippen LogP contribution in [-0.4, -0.2) is 15.6 Å². The lowest BCUT2D eigenvalue weighted by atomic mass is 10.0. The summed E-state index contributed by atoms with van der Waals surface area (Å²) in [5.74, 6) is -0.0965. The van der Waals surface area contributed by atoms with Crippen molar-refractivity contribution in [3.63, 3.8) is 0 Å². The minimum atomic E-state index is -0.0965. The highest BCUT2D eigenvalue weighted by Crippen LogP contribution is 2.26. The number of carbonyl (C=O) groups is 1. The number of ketones is 1. The van der Waals surface area contributed by atoms with E-state index in [1.165, 1.54) is 5.56 Å². The first-order valence-electron chi connectivity index (χ1n) is 9.40. The SMILES string of the molecule is Cc1ccc(-c2nn(-c3ccc(Cl)cc3)cc2/C=C\C(=O)c2ccc(Cl)cc2)cc1. The fourth-order valence-corrected chi connectivity index (χ4v) is 3.30. The third kappa shape index (κ3) is 4.54. The van der Waals surface area contributed by atoms with Gasteiger partial charge in [0.15, 0.2) is 5.78 Å². The molecule has 0 radical (unpaired) electrons. The van der Waals surface area contributed by atoms with E-state index in [4.69, 9.17) is 28.3 Å². The van der Waals surface area contributed by atoms with Crippen LogP contribution < -0.4 is 0 Å². The predicted molar refractivity (Wildman–Crippen MR) is 124 cm³/mol. The van der Waals surface area contributed by atoms with Crippen LogP contribution in [0.2, 0.25) is 10.0 Å². The maximum atomic E-state index is 12.6. The summed E-state index contributed by atoms with van der Waals surface area (Å²) in [6, 6.07) is 22.4. The lowest BCUT2D eigenvalue weighted by molar-refractivity contribution is 0.104. The Morgan fingerprint density at radius 3 is 2.10 bits per heavy atom. The molecule has 0 saturated carbocycles. The van der Waals surface area contributed by atoms with E-state index in [9.17, 15) is 4.79 Å². The van der Waals surface area contributed by atoms with Gasteiger partial charge in [0, 0.05) is 32.9 Å². The topological polar surface area (TPSA) is 34.9 Å². The quantitative estimate of drug-likeness (QED) is 0.250. The van der Waals surface area contributed by atoms with Crippen LogP contribution in [0.1, 0.15) is 21.5 Å². The number of allylic oxidation sites excluding steroid dienone is 1. The van der Waals surface area contributed by atoms with Crippen molar-refractivity contribution in [1.82, 2.24) is 9.78 Å². The van der Waals surface area contributed by atoms with E-state index in [1.54, 1.807) is 41.1 Å². The van der Waals surface area contributed by atoms with E-state index in [1.807, 2.05) is 61.7 Å². The summed E-state index contributed by atoms with van der Waals surface area (Å²) < 4.78 is 1.79. The highest BCUT2D eigenvalue weighted by Gasteiger charge is 2.11. The van der Waals surface area contributed by atoms with E-state index in [0.29, 0.717) is 15.6 Å². The number of rotatable bonds is 5. The van der Waals surface area contributed by atoms with Crippen LogP contribution >= 0.6 is 23.2 Å². The molecule has 0 amide bonds. The normalized spacial score (nSPS) is 11.2. The second-order valence-corrected chi connectivity index (χ2v) is 7.80. The molecule has 0 aliphatic heterocycles. The van der Waals surface area contributed by atoms with Crippen LogP contribution in [-0.2, 0) is 0 Å². The van der Waals surface area contributed by atoms with Crippen LogP contribution in [0, 0.1) is 6.92 Å². The van der Waals surface area contributed by atoms with Gasteiger partial charge in [-0.2, -0.15) is 5.10 Å². The first-order chi connectivity index (χ1) is 14.5. The molecule has 0 aliphatic rings. The lowest BCUT2D eigenvalue weighted by Crippen LogP contribution is -1.94. The molecule has 4 aromatic rings. The van der Waals surface area contributed by atoms with Crippen LogP contribution in [0.3, 0.4) is 0 Å². The van der Waals surface area contributed by atoms with Gasteiger partial charge in [0.05, 0.1) is 11.4 Å². The number of aryl methyl sites for hydroxylation is 1. The highest BCUT2D eigenvalue weighted by atomic mass is 35.5. The lowest BCUT2D eigenvalue weighted by Gasteiger charge is -2.01. The number of carbonyl (C=O) groups excluding carboxylic acids is 1. The second kappa shape index (κ2) is 8.70. The Morgan fingerprint density at radius 2 is 1.47 bits per heavy atom. The van der Waals surface area contributed by atoms with E-state index < -0.39 is 0 Å². The van der Waals surface area contributed by atoms with Gasteiger partial charge in [0.2, 0.25) is 0 Å². The van der Waals surface area contributed by atoms with Crippen LogP contribution in [0.15, 0.2) is 85.1 Å². The summed E-state index contributed by atoms with van der Waals surface area (Å²) >= 11 is 11.9. The molecule has 0 saturated heterocycles. The molecule has 148 valence electrons. The summed E-state index contributed by atoms with van der Waals surface area (Å²) in [5, 5.41) is 6.03. The van der Waals surface area contributed by atoms with E-state index in [0.717, 1.165) is 22.5 Å². The van der Waals surface area contributed by atoms with Gasteiger partial charge < -0.3 is 0 Å². The molecule has 30 heavy (non-hydrogen) atoms. The van der Waals surface area contributed by atoms with Crippen LogP contribution in [0.4, 0.5) is 0 Å². The maximum Gasteiger partial charge on any atom is 0.185 e. The Balaban J connectivity index is 1.72. The fraction of sp³-hybridized carbons (Fsp3) is 0.0400. The number of halogens is 2. The van der Waals surface area contributed by atoms with Crippen molar-refractivity contribution >= 4 is 35.1 Å². The minimum Gasteiger partial charge on any atom is -0.289 e. The first kappa shape index (κ1) is 20.1. The molecule has 3 aromatic carbocycles. The van der Waals surface area contributed by atoms with Crippen LogP contribution in [0.5, 0.6) is 0 Å². The summed E-state index contributed by atoms with van der Waals surface area (Å²) in [7, 11) is 0. The molecule has 0 fully saturated rings. The molecule has 4 rings (SSSR count). The Bertz CT molecular complexity index is 1210. The first-order valence-corrected chi connectivity index (χ1v) is 10.2. The Morgan fingerprint density at radius 1 is 0.867 bits per heavy atom. The zero-order valence-corrected chi connectivity index (χ0v) is 17.7. The highest BCUT2D eigenvalue weighted by molar-refractivity contribution is 6.31. The van der Waals surface area contributed by atoms with Gasteiger partial charge in [0.1, 0.15) is 0 Å². The Hall–Kier alpha value is -3.14. The smallest absolute Gasteiger partial charge is 0.185 e. The molecule has 0 bridgehead atoms. The molecule has 0 aliphatic carbocycles. The molecule has 0 N–H and O–H groups in total. The number of hydrogen-bond acceptors (Lipinski definition) is 2. The molecule has 5 heteroatoms. The summed E-state index contributed by atoms with van der Waals surface area (Å²) in [6.07, 6.45) is 5.26. The van der Waals surface area contributed by atoms with Crippen LogP contribution in [0.25, 0.3) is 23.0 Å². The molecular formula is C25H18Cl2N2O. The van der Waals surface area contributed by atoms with Gasteiger partial charge >= 0.3 is 0 Å². The second-order valence-electron chi connectivity index (χ2n) is 6.92. The van der Waals surface area contributed by atoms with Crippen molar-refractivity contribution in [3.05, 3.63) is 112 Å². The van der Waals surface area contributed by atoms with Crippen molar-refractivity contribution in [1.29, 1.82) is 0 Å². The van der Waals surface area contributed by atoms with Gasteiger partial charge in [-0.15, -0.1) is 0 Å². The zero-order chi connectivity index (χ0) is 21.1. The minimum absolute atomic E-state index is 0.0965. The summed E-state index contributed by atoms with van der Waals surface area (Å²) in [6.45, 7) is 2.04. The number of aromatic nitrogens is 2. The molecule has 3 nitrogen and oxygen atoms in total. The standard InChI is InChI=1S/C25H18Cl2N2O/c1-17-2-4-19(5-3-17)25-20(8-15-24(30)18-6-9-21(26)10-7-18)16-29(28-25)23-13-11-22(27)12-14-23/h2-16H,1H3/b15-8-. The molecule has 0 spiro atoms. The molecule has 1 heterocycles. The fourth-order valence-electron chi connectivity index (χ4n) is 3.05. The predicted octanol–water partition coefficient (Wildman–Crippen LogP) is 7.05. The maximum absolute atomic E-state index is 12.6. The largest absolute Gasteiger partial charge is 0.289 e. The third-order valence-corrected chi connectivity index (χ3v) is 5.21. The van der Waals surface area contributed by atoms with Gasteiger partial charge in [-0.1, -0.05) is 53.0 Å². The van der Waals surface area contributed by atoms with Gasteiger partial charge in [-0.25, -0.2) is 4.68 Å². The number of benzene rings is 3. The average molecular weight is 433 g/mol. The Labute approximate surface area is 185 Å². The summed E-state index contributed by atoms with van der Waals surface area (Å²) in [5.41, 5.74) is 5.26. The van der Waals surface area contributed by atoms with Gasteiger partial charge in [-0.3, -0.25) is 4.79 Å². The molecular weight excluding hydrogens is 415 g/mol. The third-order valence-electron chi connectivity index (χ3n) is 4.70. The van der Waals surface area contributed by atoms with Crippen molar-refractivity contribution in [2.24, 2.45) is 0 Å². The van der Waals surface area contributed by atoms with E-state index in [-0.39, 0.29) is 5.78 Å². The van der Waals surface area contributed by atoms with Gasteiger partial charge in [-0.05, 0) is 67.6 Å².